The van der Waals surface area contributed by atoms with E-state index in [9.17, 15) is 18.0 Å². The largest absolute Gasteiger partial charge is 0.573 e. The molecule has 0 aliphatic heterocycles. The van der Waals surface area contributed by atoms with Gasteiger partial charge >= 0.3 is 6.36 Å². The van der Waals surface area contributed by atoms with Crippen LogP contribution < -0.4 is 4.74 Å². The van der Waals surface area contributed by atoms with E-state index in [-0.39, 0.29) is 11.1 Å². The van der Waals surface area contributed by atoms with Crippen LogP contribution in [-0.4, -0.2) is 12.1 Å². The molecule has 2 aromatic carbocycles. The van der Waals surface area contributed by atoms with Crippen LogP contribution in [0.15, 0.2) is 42.5 Å². The van der Waals surface area contributed by atoms with Crippen LogP contribution in [0.3, 0.4) is 0 Å². The molecule has 0 radical (unpaired) electrons. The molecule has 0 saturated heterocycles. The second kappa shape index (κ2) is 5.77. The fourth-order valence-corrected chi connectivity index (χ4v) is 2.02. The zero-order valence-corrected chi connectivity index (χ0v) is 11.6. The van der Waals surface area contributed by atoms with Crippen LogP contribution >= 0.6 is 11.6 Å². The molecule has 0 aliphatic rings. The van der Waals surface area contributed by atoms with Crippen molar-refractivity contribution in [3.8, 4) is 5.75 Å². The Kier molecular flexibility index (Phi) is 4.23. The van der Waals surface area contributed by atoms with Crippen molar-refractivity contribution in [2.24, 2.45) is 0 Å². The lowest BCUT2D eigenvalue weighted by Gasteiger charge is -2.13. The Morgan fingerprint density at radius 3 is 2.43 bits per heavy atom. The van der Waals surface area contributed by atoms with E-state index in [4.69, 9.17) is 11.6 Å². The molecular weight excluding hydrogens is 305 g/mol. The van der Waals surface area contributed by atoms with Crippen molar-refractivity contribution < 1.29 is 22.7 Å². The predicted octanol–water partition coefficient (Wildman–Crippen LogP) is 4.78. The number of rotatable bonds is 3. The fourth-order valence-electron chi connectivity index (χ4n) is 1.85. The van der Waals surface area contributed by atoms with Gasteiger partial charge in [-0.1, -0.05) is 29.8 Å². The zero-order chi connectivity index (χ0) is 15.6. The van der Waals surface area contributed by atoms with Crippen molar-refractivity contribution in [3.05, 3.63) is 64.2 Å². The van der Waals surface area contributed by atoms with Crippen LogP contribution in [0.25, 0.3) is 0 Å². The van der Waals surface area contributed by atoms with Gasteiger partial charge in [-0.25, -0.2) is 0 Å². The number of hydrogen-bond donors (Lipinski definition) is 0. The summed E-state index contributed by atoms with van der Waals surface area (Å²) < 4.78 is 41.0. The van der Waals surface area contributed by atoms with E-state index in [1.54, 1.807) is 19.1 Å². The molecule has 0 amide bonds. The Balaban J connectivity index is 2.46. The van der Waals surface area contributed by atoms with E-state index < -0.39 is 17.9 Å². The molecule has 0 fully saturated rings. The number of ether oxygens (including phenoxy) is 1. The lowest BCUT2D eigenvalue weighted by Crippen LogP contribution is -2.19. The number of hydrogen-bond acceptors (Lipinski definition) is 2. The minimum Gasteiger partial charge on any atom is -0.405 e. The van der Waals surface area contributed by atoms with Gasteiger partial charge in [0.25, 0.3) is 0 Å². The maximum Gasteiger partial charge on any atom is 0.573 e. The van der Waals surface area contributed by atoms with Gasteiger partial charge in [-0.3, -0.25) is 4.79 Å². The summed E-state index contributed by atoms with van der Waals surface area (Å²) in [6.45, 7) is 1.68. The molecule has 110 valence electrons. The fraction of sp³-hybridized carbons (Fsp3) is 0.133. The van der Waals surface area contributed by atoms with Gasteiger partial charge in [0.05, 0.1) is 5.56 Å². The van der Waals surface area contributed by atoms with Crippen LogP contribution in [0.4, 0.5) is 13.2 Å². The topological polar surface area (TPSA) is 26.3 Å². The molecule has 0 unspecified atom stereocenters. The number of alkyl halides is 3. The highest BCUT2D eigenvalue weighted by Gasteiger charge is 2.33. The first kappa shape index (κ1) is 15.4. The lowest BCUT2D eigenvalue weighted by atomic mass is 9.98. The van der Waals surface area contributed by atoms with E-state index in [1.165, 1.54) is 24.3 Å². The second-order valence-corrected chi connectivity index (χ2v) is 4.77. The smallest absolute Gasteiger partial charge is 0.405 e. The average molecular weight is 315 g/mol. The third kappa shape index (κ3) is 3.76. The van der Waals surface area contributed by atoms with Gasteiger partial charge < -0.3 is 4.74 Å². The van der Waals surface area contributed by atoms with Crippen molar-refractivity contribution in [2.75, 3.05) is 0 Å². The van der Waals surface area contributed by atoms with Crippen molar-refractivity contribution >= 4 is 17.4 Å². The molecule has 0 N–H and O–H groups in total. The molecule has 2 nitrogen and oxygen atoms in total. The third-order valence-electron chi connectivity index (χ3n) is 2.80. The zero-order valence-electron chi connectivity index (χ0n) is 10.9. The maximum absolute atomic E-state index is 12.4. The van der Waals surface area contributed by atoms with Crippen LogP contribution in [0.5, 0.6) is 5.75 Å². The Hall–Kier alpha value is -2.01. The maximum atomic E-state index is 12.4. The molecule has 0 saturated carbocycles. The number of ketones is 1. The standard InChI is InChI=1S/C15H10ClF3O2/c1-9-6-7-10(16)8-12(9)14(20)11-4-2-3-5-13(11)21-15(17,18)19/h2-8H,1H3. The Bertz CT molecular complexity index is 681. The normalized spacial score (nSPS) is 11.3. The molecule has 6 heteroatoms. The highest BCUT2D eigenvalue weighted by atomic mass is 35.5. The molecule has 0 bridgehead atoms. The van der Waals surface area contributed by atoms with E-state index in [1.807, 2.05) is 0 Å². The van der Waals surface area contributed by atoms with Gasteiger partial charge in [0.2, 0.25) is 0 Å². The van der Waals surface area contributed by atoms with Crippen molar-refractivity contribution in [2.45, 2.75) is 13.3 Å². The average Bonchev–Trinajstić information content (AvgIpc) is 2.39. The van der Waals surface area contributed by atoms with Crippen LogP contribution in [0, 0.1) is 6.92 Å². The minimum atomic E-state index is -4.86. The Morgan fingerprint density at radius 1 is 1.10 bits per heavy atom. The molecule has 0 atom stereocenters. The summed E-state index contributed by atoms with van der Waals surface area (Å²) >= 11 is 5.83. The van der Waals surface area contributed by atoms with Gasteiger partial charge in [-0.05, 0) is 36.8 Å². The molecule has 0 aromatic heterocycles. The second-order valence-electron chi connectivity index (χ2n) is 4.33. The van der Waals surface area contributed by atoms with E-state index in [2.05, 4.69) is 4.74 Å². The molecule has 21 heavy (non-hydrogen) atoms. The summed E-state index contributed by atoms with van der Waals surface area (Å²) in [5.41, 5.74) is 0.687. The SMILES string of the molecule is Cc1ccc(Cl)cc1C(=O)c1ccccc1OC(F)(F)F. The number of aryl methyl sites for hydroxylation is 1. The first-order valence-electron chi connectivity index (χ1n) is 5.93. The van der Waals surface area contributed by atoms with E-state index >= 15 is 0 Å². The highest BCUT2D eigenvalue weighted by Crippen LogP contribution is 2.29. The van der Waals surface area contributed by atoms with Crippen LogP contribution in [-0.2, 0) is 0 Å². The monoisotopic (exact) mass is 314 g/mol. The summed E-state index contributed by atoms with van der Waals surface area (Å²) in [6, 6.07) is 9.86. The summed E-state index contributed by atoms with van der Waals surface area (Å²) in [5.74, 6) is -1.11. The van der Waals surface area contributed by atoms with Gasteiger partial charge in [-0.2, -0.15) is 0 Å². The van der Waals surface area contributed by atoms with Gasteiger partial charge in [0, 0.05) is 10.6 Å². The van der Waals surface area contributed by atoms with Crippen LogP contribution in [0.2, 0.25) is 5.02 Å². The minimum absolute atomic E-state index is 0.166. The van der Waals surface area contributed by atoms with Crippen molar-refractivity contribution in [3.63, 3.8) is 0 Å². The molecule has 0 aliphatic carbocycles. The quantitative estimate of drug-likeness (QED) is 0.762. The number of para-hydroxylation sites is 1. The molecule has 2 aromatic rings. The van der Waals surface area contributed by atoms with Gasteiger partial charge in [-0.15, -0.1) is 13.2 Å². The van der Waals surface area contributed by atoms with Crippen molar-refractivity contribution in [1.82, 2.24) is 0 Å². The summed E-state index contributed by atoms with van der Waals surface area (Å²) in [6.07, 6.45) is -4.86. The number of halogens is 4. The Morgan fingerprint density at radius 2 is 1.76 bits per heavy atom. The number of carbonyl (C=O) groups is 1. The van der Waals surface area contributed by atoms with Crippen LogP contribution in [0.1, 0.15) is 21.5 Å². The predicted molar refractivity (Wildman–Crippen MR) is 72.7 cm³/mol. The molecule has 0 heterocycles. The first-order valence-corrected chi connectivity index (χ1v) is 6.31. The van der Waals surface area contributed by atoms with Gasteiger partial charge in [0.15, 0.2) is 5.78 Å². The van der Waals surface area contributed by atoms with E-state index in [0.717, 1.165) is 6.07 Å². The first-order chi connectivity index (χ1) is 9.78. The molecule has 2 rings (SSSR count). The summed E-state index contributed by atoms with van der Waals surface area (Å²) in [5, 5.41) is 0.332. The summed E-state index contributed by atoms with van der Waals surface area (Å²) in [4.78, 5) is 12.4. The Labute approximate surface area is 124 Å². The van der Waals surface area contributed by atoms with Crippen molar-refractivity contribution in [1.29, 1.82) is 0 Å². The van der Waals surface area contributed by atoms with E-state index in [0.29, 0.717) is 10.6 Å². The lowest BCUT2D eigenvalue weighted by molar-refractivity contribution is -0.274. The third-order valence-corrected chi connectivity index (χ3v) is 3.04. The van der Waals surface area contributed by atoms with Gasteiger partial charge in [0.1, 0.15) is 5.75 Å². The molecular formula is C15H10ClF3O2. The summed E-state index contributed by atoms with van der Waals surface area (Å²) in [7, 11) is 0. The highest BCUT2D eigenvalue weighted by molar-refractivity contribution is 6.31. The number of carbonyl (C=O) groups excluding carboxylic acids is 1. The number of benzene rings is 2. The molecule has 0 spiro atoms.